The number of hydrogen-bond donors (Lipinski definition) is 0. The van der Waals surface area contributed by atoms with Crippen molar-refractivity contribution >= 4 is 25.1 Å². The molecule has 0 aliphatic carbocycles. The first-order valence-electron chi connectivity index (χ1n) is 5.79. The van der Waals surface area contributed by atoms with Gasteiger partial charge in [0, 0.05) is 6.16 Å². The highest BCUT2D eigenvalue weighted by Crippen LogP contribution is 2.33. The van der Waals surface area contributed by atoms with E-state index in [4.69, 9.17) is 0 Å². The highest BCUT2D eigenvalue weighted by molar-refractivity contribution is 7.42. The molecule has 1 heteroatoms. The Morgan fingerprint density at radius 3 is 1.94 bits per heavy atom. The van der Waals surface area contributed by atoms with Crippen molar-refractivity contribution in [1.29, 1.82) is 0 Å². The van der Waals surface area contributed by atoms with Gasteiger partial charge in [0.25, 0.3) is 0 Å². The summed E-state index contributed by atoms with van der Waals surface area (Å²) in [4.78, 5) is 0. The van der Waals surface area contributed by atoms with E-state index in [9.17, 15) is 0 Å². The standard InChI is InChI=1S/C16H13P/c1-3-7-13(8-4-1)15-11-17-12-16(15)14-9-5-2-6-10-14/h1-11H,12H2. The Bertz CT molecular complexity index is 565. The topological polar surface area (TPSA) is 0 Å². The van der Waals surface area contributed by atoms with Crippen LogP contribution in [0.2, 0.25) is 0 Å². The fourth-order valence-electron chi connectivity index (χ4n) is 2.14. The van der Waals surface area contributed by atoms with Crippen molar-refractivity contribution in [3.05, 3.63) is 71.8 Å². The molecule has 0 spiro atoms. The Hall–Kier alpha value is -1.65. The molecule has 0 amide bonds. The van der Waals surface area contributed by atoms with Gasteiger partial charge < -0.3 is 0 Å². The van der Waals surface area contributed by atoms with Gasteiger partial charge in [-0.15, -0.1) is 0 Å². The van der Waals surface area contributed by atoms with Crippen molar-refractivity contribution in [3.8, 4) is 0 Å². The van der Waals surface area contributed by atoms with Gasteiger partial charge in [0.15, 0.2) is 0 Å². The zero-order valence-corrected chi connectivity index (χ0v) is 10.4. The molecule has 0 N–H and O–H groups in total. The minimum atomic E-state index is 1.13. The predicted molar refractivity (Wildman–Crippen MR) is 77.5 cm³/mol. The number of hydrogen-bond acceptors (Lipinski definition) is 0. The molecule has 1 heterocycles. The molecule has 0 saturated heterocycles. The van der Waals surface area contributed by atoms with Gasteiger partial charge in [-0.2, -0.15) is 0 Å². The average Bonchev–Trinajstić information content (AvgIpc) is 2.90. The summed E-state index contributed by atoms with van der Waals surface area (Å²) in [6, 6.07) is 21.4. The highest BCUT2D eigenvalue weighted by Gasteiger charge is 2.12. The lowest BCUT2D eigenvalue weighted by Crippen LogP contribution is -1.89. The molecule has 17 heavy (non-hydrogen) atoms. The third kappa shape index (κ3) is 2.09. The summed E-state index contributed by atoms with van der Waals surface area (Å²) in [5, 5.41) is 0. The van der Waals surface area contributed by atoms with Crippen LogP contribution in [0.25, 0.3) is 11.1 Å². The molecule has 0 radical (unpaired) electrons. The van der Waals surface area contributed by atoms with Crippen LogP contribution >= 0.6 is 8.20 Å². The Balaban J connectivity index is 2.10. The lowest BCUT2D eigenvalue weighted by atomic mass is 9.97. The molecule has 1 aliphatic heterocycles. The Labute approximate surface area is 103 Å². The molecule has 2 aromatic rings. The molecule has 82 valence electrons. The van der Waals surface area contributed by atoms with Gasteiger partial charge in [-0.1, -0.05) is 68.9 Å². The van der Waals surface area contributed by atoms with Crippen molar-refractivity contribution in [3.63, 3.8) is 0 Å². The van der Waals surface area contributed by atoms with Crippen molar-refractivity contribution in [2.45, 2.75) is 0 Å². The third-order valence-electron chi connectivity index (χ3n) is 3.00. The second kappa shape index (κ2) is 4.69. The maximum Gasteiger partial charge on any atom is 0.0158 e. The lowest BCUT2D eigenvalue weighted by Gasteiger charge is -2.07. The summed E-state index contributed by atoms with van der Waals surface area (Å²) < 4.78 is 0. The van der Waals surface area contributed by atoms with Gasteiger partial charge in [-0.05, 0) is 28.1 Å². The average molecular weight is 236 g/mol. The summed E-state index contributed by atoms with van der Waals surface area (Å²) in [5.74, 6) is 2.33. The van der Waals surface area contributed by atoms with E-state index < -0.39 is 0 Å². The van der Waals surface area contributed by atoms with E-state index in [1.54, 1.807) is 0 Å². The zero-order chi connectivity index (χ0) is 11.5. The first-order valence-corrected chi connectivity index (χ1v) is 6.94. The van der Waals surface area contributed by atoms with Crippen LogP contribution in [-0.4, -0.2) is 12.0 Å². The predicted octanol–water partition coefficient (Wildman–Crippen LogP) is 4.36. The van der Waals surface area contributed by atoms with Gasteiger partial charge in [-0.25, -0.2) is 0 Å². The van der Waals surface area contributed by atoms with Crippen LogP contribution in [-0.2, 0) is 0 Å². The molecule has 0 atom stereocenters. The Morgan fingerprint density at radius 2 is 1.29 bits per heavy atom. The summed E-state index contributed by atoms with van der Waals surface area (Å²) >= 11 is 0. The fourth-order valence-corrected chi connectivity index (χ4v) is 3.26. The first-order chi connectivity index (χ1) is 8.45. The van der Waals surface area contributed by atoms with Crippen molar-refractivity contribution in [1.82, 2.24) is 0 Å². The number of benzene rings is 2. The van der Waals surface area contributed by atoms with Crippen molar-refractivity contribution < 1.29 is 0 Å². The molecule has 2 aromatic carbocycles. The summed E-state index contributed by atoms with van der Waals surface area (Å²) in [5.41, 5.74) is 5.56. The summed E-state index contributed by atoms with van der Waals surface area (Å²) in [6.07, 6.45) is 1.13. The zero-order valence-electron chi connectivity index (χ0n) is 9.51. The van der Waals surface area contributed by atoms with Gasteiger partial charge >= 0.3 is 0 Å². The summed E-state index contributed by atoms with van der Waals surface area (Å²) in [6.45, 7) is 0. The lowest BCUT2D eigenvalue weighted by molar-refractivity contribution is 1.57. The smallest absolute Gasteiger partial charge is 0.0158 e. The maximum absolute atomic E-state index is 2.33. The van der Waals surface area contributed by atoms with E-state index >= 15 is 0 Å². The highest BCUT2D eigenvalue weighted by atomic mass is 31.1. The minimum Gasteiger partial charge on any atom is -0.0990 e. The van der Waals surface area contributed by atoms with E-state index in [1.807, 2.05) is 0 Å². The van der Waals surface area contributed by atoms with Crippen LogP contribution in [0.1, 0.15) is 11.1 Å². The Morgan fingerprint density at radius 1 is 0.706 bits per heavy atom. The quantitative estimate of drug-likeness (QED) is 0.679. The third-order valence-corrected chi connectivity index (χ3v) is 3.94. The molecule has 3 rings (SSSR count). The molecule has 0 fully saturated rings. The summed E-state index contributed by atoms with van der Waals surface area (Å²) in [7, 11) is 1.40. The largest absolute Gasteiger partial charge is 0.0990 e. The van der Waals surface area contributed by atoms with Crippen LogP contribution in [0.5, 0.6) is 0 Å². The van der Waals surface area contributed by atoms with Crippen LogP contribution in [0.15, 0.2) is 60.7 Å². The normalized spacial score (nSPS) is 15.3. The minimum absolute atomic E-state index is 1.13. The van der Waals surface area contributed by atoms with Crippen LogP contribution < -0.4 is 0 Å². The van der Waals surface area contributed by atoms with Gasteiger partial charge in [0.1, 0.15) is 0 Å². The maximum atomic E-state index is 2.33. The van der Waals surface area contributed by atoms with Gasteiger partial charge in [0.2, 0.25) is 0 Å². The second-order valence-corrected chi connectivity index (χ2v) is 5.03. The molecule has 0 bridgehead atoms. The fraction of sp³-hybridized carbons (Fsp3) is 0.0625. The molecule has 0 unspecified atom stereocenters. The molecular weight excluding hydrogens is 223 g/mol. The second-order valence-electron chi connectivity index (χ2n) is 4.09. The molecule has 0 saturated carbocycles. The van der Waals surface area contributed by atoms with Crippen LogP contribution in [0, 0.1) is 0 Å². The van der Waals surface area contributed by atoms with E-state index in [-0.39, 0.29) is 0 Å². The first kappa shape index (κ1) is 10.5. The molecular formula is C16H13P. The van der Waals surface area contributed by atoms with E-state index in [0.717, 1.165) is 6.16 Å². The molecule has 1 aliphatic rings. The van der Waals surface area contributed by atoms with E-state index in [1.165, 1.54) is 30.5 Å². The van der Waals surface area contributed by atoms with Gasteiger partial charge in [-0.3, -0.25) is 0 Å². The molecule has 0 aromatic heterocycles. The number of rotatable bonds is 2. The monoisotopic (exact) mass is 236 g/mol. The van der Waals surface area contributed by atoms with E-state index in [2.05, 4.69) is 66.5 Å². The SMILES string of the molecule is C1=PCC(c2ccccc2)=C1c1ccccc1. The molecule has 0 nitrogen and oxygen atoms in total. The van der Waals surface area contributed by atoms with Gasteiger partial charge in [0.05, 0.1) is 0 Å². The van der Waals surface area contributed by atoms with E-state index in [0.29, 0.717) is 0 Å². The van der Waals surface area contributed by atoms with Crippen molar-refractivity contribution in [2.75, 3.05) is 6.16 Å². The van der Waals surface area contributed by atoms with Crippen molar-refractivity contribution in [2.24, 2.45) is 0 Å². The van der Waals surface area contributed by atoms with Crippen LogP contribution in [0.3, 0.4) is 0 Å². The Kier molecular flexibility index (Phi) is 2.90. The number of allylic oxidation sites excluding steroid dienone is 2. The van der Waals surface area contributed by atoms with Crippen LogP contribution in [0.4, 0.5) is 0 Å².